The average Bonchev–Trinajstić information content (AvgIpc) is 2.81. The Kier molecular flexibility index (Phi) is 4.76. The van der Waals surface area contributed by atoms with E-state index in [1.54, 1.807) is 12.1 Å². The summed E-state index contributed by atoms with van der Waals surface area (Å²) in [6.45, 7) is 3.53. The highest BCUT2D eigenvalue weighted by atomic mass is 19.1. The Hall–Kier alpha value is -2.15. The van der Waals surface area contributed by atoms with Crippen LogP contribution in [0.5, 0.6) is 0 Å². The topological polar surface area (TPSA) is 64.7 Å². The second kappa shape index (κ2) is 6.95. The minimum Gasteiger partial charge on any atom is -0.370 e. The molecule has 2 N–H and O–H groups in total. The zero-order valence-electron chi connectivity index (χ0n) is 12.9. The van der Waals surface area contributed by atoms with Crippen LogP contribution in [0.4, 0.5) is 10.1 Å². The first-order chi connectivity index (χ1) is 11.1. The molecule has 0 aliphatic carbocycles. The van der Waals surface area contributed by atoms with Gasteiger partial charge < -0.3 is 20.4 Å². The Balaban J connectivity index is 1.60. The van der Waals surface area contributed by atoms with Crippen molar-refractivity contribution < 1.29 is 14.0 Å². The lowest BCUT2D eigenvalue weighted by Crippen LogP contribution is -2.59. The lowest BCUT2D eigenvalue weighted by molar-refractivity contribution is -0.137. The second-order valence-electron chi connectivity index (χ2n) is 5.89. The molecular weight excluding hydrogens is 299 g/mol. The molecule has 1 unspecified atom stereocenters. The summed E-state index contributed by atoms with van der Waals surface area (Å²) in [5.41, 5.74) is 0.966. The van der Waals surface area contributed by atoms with E-state index in [0.717, 1.165) is 18.7 Å². The van der Waals surface area contributed by atoms with Gasteiger partial charge in [0.2, 0.25) is 11.8 Å². The fourth-order valence-corrected chi connectivity index (χ4v) is 3.04. The van der Waals surface area contributed by atoms with E-state index in [9.17, 15) is 14.0 Å². The summed E-state index contributed by atoms with van der Waals surface area (Å²) in [4.78, 5) is 27.9. The molecule has 1 atom stereocenters. The van der Waals surface area contributed by atoms with Crippen molar-refractivity contribution in [3.8, 4) is 0 Å². The molecule has 1 aromatic rings. The van der Waals surface area contributed by atoms with Crippen molar-refractivity contribution in [1.82, 2.24) is 15.5 Å². The number of piperazine rings is 1. The minimum absolute atomic E-state index is 0.0356. The SMILES string of the molecule is O=C1CNCC(C(=O)N2CCCN(c3ccc(F)cc3)CC2)N1. The van der Waals surface area contributed by atoms with Gasteiger partial charge in [0, 0.05) is 38.4 Å². The molecule has 3 rings (SSSR count). The van der Waals surface area contributed by atoms with Gasteiger partial charge in [-0.3, -0.25) is 9.59 Å². The van der Waals surface area contributed by atoms with E-state index in [1.165, 1.54) is 12.1 Å². The molecule has 2 aliphatic heterocycles. The van der Waals surface area contributed by atoms with E-state index in [2.05, 4.69) is 15.5 Å². The van der Waals surface area contributed by atoms with Gasteiger partial charge in [-0.2, -0.15) is 0 Å². The van der Waals surface area contributed by atoms with Gasteiger partial charge in [-0.1, -0.05) is 0 Å². The van der Waals surface area contributed by atoms with Crippen molar-refractivity contribution in [3.63, 3.8) is 0 Å². The fourth-order valence-electron chi connectivity index (χ4n) is 3.04. The summed E-state index contributed by atoms with van der Waals surface area (Å²) in [7, 11) is 0. The van der Waals surface area contributed by atoms with Crippen molar-refractivity contribution in [3.05, 3.63) is 30.1 Å². The van der Waals surface area contributed by atoms with Gasteiger partial charge in [0.05, 0.1) is 6.54 Å². The first-order valence-electron chi connectivity index (χ1n) is 7.93. The molecule has 2 heterocycles. The van der Waals surface area contributed by atoms with Crippen LogP contribution in [0.15, 0.2) is 24.3 Å². The molecule has 0 radical (unpaired) electrons. The fraction of sp³-hybridized carbons (Fsp3) is 0.500. The summed E-state index contributed by atoms with van der Waals surface area (Å²) in [5.74, 6) is -0.426. The quantitative estimate of drug-likeness (QED) is 0.802. The first-order valence-corrected chi connectivity index (χ1v) is 7.93. The van der Waals surface area contributed by atoms with E-state index in [1.807, 2.05) is 4.90 Å². The molecule has 0 bridgehead atoms. The minimum atomic E-state index is -0.478. The smallest absolute Gasteiger partial charge is 0.246 e. The second-order valence-corrected chi connectivity index (χ2v) is 5.89. The summed E-state index contributed by atoms with van der Waals surface area (Å²) >= 11 is 0. The van der Waals surface area contributed by atoms with E-state index < -0.39 is 6.04 Å². The van der Waals surface area contributed by atoms with Crippen LogP contribution < -0.4 is 15.5 Å². The van der Waals surface area contributed by atoms with Gasteiger partial charge in [0.1, 0.15) is 11.9 Å². The van der Waals surface area contributed by atoms with Crippen LogP contribution in [0, 0.1) is 5.82 Å². The zero-order chi connectivity index (χ0) is 16.2. The van der Waals surface area contributed by atoms with E-state index in [-0.39, 0.29) is 24.2 Å². The highest BCUT2D eigenvalue weighted by Crippen LogP contribution is 2.17. The molecule has 124 valence electrons. The van der Waals surface area contributed by atoms with Gasteiger partial charge in [-0.25, -0.2) is 4.39 Å². The molecule has 2 fully saturated rings. The molecule has 1 aromatic carbocycles. The number of anilines is 1. The third-order valence-corrected chi connectivity index (χ3v) is 4.27. The van der Waals surface area contributed by atoms with Crippen LogP contribution in [-0.2, 0) is 9.59 Å². The summed E-state index contributed by atoms with van der Waals surface area (Å²) in [6, 6.07) is 5.95. The Morgan fingerprint density at radius 1 is 1.13 bits per heavy atom. The van der Waals surface area contributed by atoms with Gasteiger partial charge in [-0.15, -0.1) is 0 Å². The van der Waals surface area contributed by atoms with Crippen molar-refractivity contribution in [1.29, 1.82) is 0 Å². The van der Waals surface area contributed by atoms with Crippen LogP contribution >= 0.6 is 0 Å². The van der Waals surface area contributed by atoms with Crippen LogP contribution in [-0.4, -0.2) is 62.0 Å². The number of halogens is 1. The zero-order valence-corrected chi connectivity index (χ0v) is 12.9. The lowest BCUT2D eigenvalue weighted by Gasteiger charge is -2.29. The van der Waals surface area contributed by atoms with Crippen molar-refractivity contribution in [2.24, 2.45) is 0 Å². The maximum Gasteiger partial charge on any atom is 0.246 e. The number of hydrogen-bond donors (Lipinski definition) is 2. The van der Waals surface area contributed by atoms with Crippen LogP contribution in [0.3, 0.4) is 0 Å². The van der Waals surface area contributed by atoms with E-state index in [0.29, 0.717) is 26.2 Å². The Bertz CT molecular complexity index is 578. The van der Waals surface area contributed by atoms with Crippen LogP contribution in [0.1, 0.15) is 6.42 Å². The van der Waals surface area contributed by atoms with Gasteiger partial charge >= 0.3 is 0 Å². The standard InChI is InChI=1S/C16H21FN4O2/c17-12-2-4-13(5-3-12)20-6-1-7-21(9-8-20)16(23)14-10-18-11-15(22)19-14/h2-5,14,18H,1,6-11H2,(H,19,22). The monoisotopic (exact) mass is 320 g/mol. The Morgan fingerprint density at radius 2 is 1.91 bits per heavy atom. The number of carbonyl (C=O) groups is 2. The van der Waals surface area contributed by atoms with Crippen LogP contribution in [0.2, 0.25) is 0 Å². The number of hydrogen-bond acceptors (Lipinski definition) is 4. The van der Waals surface area contributed by atoms with Crippen molar-refractivity contribution >= 4 is 17.5 Å². The molecular formula is C16H21FN4O2. The predicted molar refractivity (Wildman–Crippen MR) is 84.6 cm³/mol. The molecule has 2 aliphatic rings. The molecule has 2 saturated heterocycles. The van der Waals surface area contributed by atoms with Gasteiger partial charge in [0.15, 0.2) is 0 Å². The Morgan fingerprint density at radius 3 is 2.65 bits per heavy atom. The molecule has 23 heavy (non-hydrogen) atoms. The normalized spacial score (nSPS) is 22.5. The number of carbonyl (C=O) groups excluding carboxylic acids is 2. The summed E-state index contributed by atoms with van der Waals surface area (Å²) in [6.07, 6.45) is 0.844. The number of rotatable bonds is 2. The summed E-state index contributed by atoms with van der Waals surface area (Å²) in [5, 5.41) is 5.69. The van der Waals surface area contributed by atoms with Crippen molar-refractivity contribution in [2.45, 2.75) is 12.5 Å². The number of amides is 2. The largest absolute Gasteiger partial charge is 0.370 e. The number of nitrogens with zero attached hydrogens (tertiary/aromatic N) is 2. The van der Waals surface area contributed by atoms with Gasteiger partial charge in [0.25, 0.3) is 0 Å². The predicted octanol–water partition coefficient (Wildman–Crippen LogP) is -0.0476. The average molecular weight is 320 g/mol. The maximum absolute atomic E-state index is 13.0. The molecule has 0 spiro atoms. The number of benzene rings is 1. The number of nitrogens with one attached hydrogen (secondary N) is 2. The molecule has 2 amide bonds. The molecule has 6 nitrogen and oxygen atoms in total. The van der Waals surface area contributed by atoms with E-state index in [4.69, 9.17) is 0 Å². The molecule has 0 saturated carbocycles. The maximum atomic E-state index is 13.0. The van der Waals surface area contributed by atoms with E-state index >= 15 is 0 Å². The highest BCUT2D eigenvalue weighted by Gasteiger charge is 2.29. The third kappa shape index (κ3) is 3.79. The Labute approximate surface area is 134 Å². The first kappa shape index (κ1) is 15.7. The highest BCUT2D eigenvalue weighted by molar-refractivity contribution is 5.89. The van der Waals surface area contributed by atoms with Crippen molar-refractivity contribution in [2.75, 3.05) is 44.2 Å². The molecule has 0 aromatic heterocycles. The third-order valence-electron chi connectivity index (χ3n) is 4.27. The molecule has 7 heteroatoms. The summed E-state index contributed by atoms with van der Waals surface area (Å²) < 4.78 is 13.0. The van der Waals surface area contributed by atoms with Gasteiger partial charge in [-0.05, 0) is 30.7 Å². The lowest BCUT2D eigenvalue weighted by atomic mass is 10.2. The van der Waals surface area contributed by atoms with Crippen LogP contribution in [0.25, 0.3) is 0 Å².